The van der Waals surface area contributed by atoms with Crippen molar-refractivity contribution in [3.05, 3.63) is 29.3 Å². The summed E-state index contributed by atoms with van der Waals surface area (Å²) >= 11 is 0. The van der Waals surface area contributed by atoms with Crippen LogP contribution in [0.1, 0.15) is 43.1 Å². The van der Waals surface area contributed by atoms with E-state index in [0.29, 0.717) is 31.2 Å². The van der Waals surface area contributed by atoms with Crippen LogP contribution in [0.15, 0.2) is 18.2 Å². The Hall–Kier alpha value is -1.88. The minimum atomic E-state index is -0.732. The monoisotopic (exact) mass is 319 g/mol. The summed E-state index contributed by atoms with van der Waals surface area (Å²) in [7, 11) is 0. The highest BCUT2D eigenvalue weighted by Crippen LogP contribution is 2.27. The van der Waals surface area contributed by atoms with Crippen LogP contribution >= 0.6 is 0 Å². The number of nitrogens with zero attached hydrogens (tertiary/aromatic N) is 1. The van der Waals surface area contributed by atoms with Crippen molar-refractivity contribution >= 4 is 11.8 Å². The number of carbonyl (C=O) groups is 2. The van der Waals surface area contributed by atoms with Crippen LogP contribution in [-0.4, -0.2) is 41.5 Å². The standard InChI is InChI=1S/C18H25NO4/c1-4-23-17-6-5-14(13(3)20)8-15(17)10-19-9-12(2)7-16(11-19)18(21)22/h5-6,8,12,16H,4,7,9-11H2,1-3H3,(H,21,22). The fourth-order valence-corrected chi connectivity index (χ4v) is 3.23. The molecule has 5 heteroatoms. The van der Waals surface area contributed by atoms with Crippen molar-refractivity contribution < 1.29 is 19.4 Å². The molecule has 5 nitrogen and oxygen atoms in total. The van der Waals surface area contributed by atoms with E-state index in [0.717, 1.165) is 24.3 Å². The number of benzene rings is 1. The molecule has 0 aliphatic carbocycles. The fourth-order valence-electron chi connectivity index (χ4n) is 3.23. The number of rotatable bonds is 6. The number of carboxylic acid groups (broad SMARTS) is 1. The van der Waals surface area contributed by atoms with Gasteiger partial charge in [0.05, 0.1) is 12.5 Å². The van der Waals surface area contributed by atoms with E-state index in [1.165, 1.54) is 0 Å². The Morgan fingerprint density at radius 2 is 2.09 bits per heavy atom. The Bertz CT molecular complexity index is 584. The zero-order valence-corrected chi connectivity index (χ0v) is 14.0. The molecule has 1 N–H and O–H groups in total. The molecular weight excluding hydrogens is 294 g/mol. The molecule has 126 valence electrons. The third-order valence-electron chi connectivity index (χ3n) is 4.25. The maximum absolute atomic E-state index is 11.6. The molecule has 23 heavy (non-hydrogen) atoms. The first-order chi connectivity index (χ1) is 10.9. The number of ketones is 1. The summed E-state index contributed by atoms with van der Waals surface area (Å²) in [4.78, 5) is 25.1. The number of carbonyl (C=O) groups excluding carboxylic acids is 1. The molecule has 2 unspecified atom stereocenters. The van der Waals surface area contributed by atoms with E-state index in [9.17, 15) is 14.7 Å². The van der Waals surface area contributed by atoms with Crippen LogP contribution in [0, 0.1) is 11.8 Å². The van der Waals surface area contributed by atoms with Gasteiger partial charge >= 0.3 is 5.97 Å². The van der Waals surface area contributed by atoms with Gasteiger partial charge in [-0.1, -0.05) is 6.92 Å². The lowest BCUT2D eigenvalue weighted by atomic mass is 9.90. The van der Waals surface area contributed by atoms with Gasteiger partial charge in [-0.3, -0.25) is 14.5 Å². The number of Topliss-reactive ketones (excluding diaryl/α,β-unsaturated/α-hetero) is 1. The Morgan fingerprint density at radius 3 is 2.70 bits per heavy atom. The Kier molecular flexibility index (Phi) is 5.77. The molecule has 0 radical (unpaired) electrons. The van der Waals surface area contributed by atoms with Gasteiger partial charge in [-0.15, -0.1) is 0 Å². The average Bonchev–Trinajstić information content (AvgIpc) is 2.48. The summed E-state index contributed by atoms with van der Waals surface area (Å²) < 4.78 is 5.66. The molecule has 1 aliphatic rings. The molecule has 0 spiro atoms. The molecule has 1 heterocycles. The van der Waals surface area contributed by atoms with Crippen LogP contribution in [0.2, 0.25) is 0 Å². The summed E-state index contributed by atoms with van der Waals surface area (Å²) in [5.74, 6) is 0.0676. The van der Waals surface area contributed by atoms with Gasteiger partial charge in [0.2, 0.25) is 0 Å². The normalized spacial score (nSPS) is 21.9. The summed E-state index contributed by atoms with van der Waals surface area (Å²) in [5, 5.41) is 9.30. The van der Waals surface area contributed by atoms with Crippen molar-refractivity contribution in [1.82, 2.24) is 4.90 Å². The van der Waals surface area contributed by atoms with E-state index in [-0.39, 0.29) is 11.7 Å². The van der Waals surface area contributed by atoms with Gasteiger partial charge in [-0.25, -0.2) is 0 Å². The Morgan fingerprint density at radius 1 is 1.35 bits per heavy atom. The zero-order chi connectivity index (χ0) is 17.0. The largest absolute Gasteiger partial charge is 0.494 e. The number of aliphatic carboxylic acids is 1. The number of hydrogen-bond donors (Lipinski definition) is 1. The third kappa shape index (κ3) is 4.55. The summed E-state index contributed by atoms with van der Waals surface area (Å²) in [6.07, 6.45) is 0.720. The second kappa shape index (κ2) is 7.59. The van der Waals surface area contributed by atoms with Crippen LogP contribution in [0.4, 0.5) is 0 Å². The topological polar surface area (TPSA) is 66.8 Å². The SMILES string of the molecule is CCOc1ccc(C(C)=O)cc1CN1CC(C)CC(C(=O)O)C1. The van der Waals surface area contributed by atoms with E-state index < -0.39 is 5.97 Å². The smallest absolute Gasteiger partial charge is 0.307 e. The lowest BCUT2D eigenvalue weighted by molar-refractivity contribution is -0.144. The van der Waals surface area contributed by atoms with E-state index in [2.05, 4.69) is 11.8 Å². The Balaban J connectivity index is 2.21. The number of ether oxygens (including phenoxy) is 1. The average molecular weight is 319 g/mol. The zero-order valence-electron chi connectivity index (χ0n) is 14.0. The van der Waals surface area contributed by atoms with Crippen molar-refractivity contribution in [3.8, 4) is 5.75 Å². The molecule has 0 amide bonds. The molecule has 2 rings (SSSR count). The first kappa shape index (κ1) is 17.5. The van der Waals surface area contributed by atoms with Crippen LogP contribution in [-0.2, 0) is 11.3 Å². The van der Waals surface area contributed by atoms with Crippen molar-refractivity contribution in [2.75, 3.05) is 19.7 Å². The maximum atomic E-state index is 11.6. The van der Waals surface area contributed by atoms with Gasteiger partial charge in [0.1, 0.15) is 5.75 Å². The van der Waals surface area contributed by atoms with Gasteiger partial charge in [0, 0.05) is 30.8 Å². The van der Waals surface area contributed by atoms with E-state index in [1.807, 2.05) is 19.1 Å². The quantitative estimate of drug-likeness (QED) is 0.817. The minimum absolute atomic E-state index is 0.0183. The number of hydrogen-bond acceptors (Lipinski definition) is 4. The van der Waals surface area contributed by atoms with Crippen molar-refractivity contribution in [3.63, 3.8) is 0 Å². The lowest BCUT2D eigenvalue weighted by Crippen LogP contribution is -2.42. The van der Waals surface area contributed by atoms with Crippen LogP contribution < -0.4 is 4.74 Å². The predicted octanol–water partition coefficient (Wildman–Crippen LogP) is 2.83. The van der Waals surface area contributed by atoms with E-state index in [1.54, 1.807) is 13.0 Å². The highest BCUT2D eigenvalue weighted by Gasteiger charge is 2.29. The molecule has 1 fully saturated rings. The van der Waals surface area contributed by atoms with Gasteiger partial charge < -0.3 is 9.84 Å². The van der Waals surface area contributed by atoms with Gasteiger partial charge in [-0.05, 0) is 44.4 Å². The molecule has 1 saturated heterocycles. The molecular formula is C18H25NO4. The number of likely N-dealkylation sites (tertiary alicyclic amines) is 1. The van der Waals surface area contributed by atoms with Crippen LogP contribution in [0.25, 0.3) is 0 Å². The fraction of sp³-hybridized carbons (Fsp3) is 0.556. The van der Waals surface area contributed by atoms with Gasteiger partial charge in [-0.2, -0.15) is 0 Å². The number of piperidine rings is 1. The van der Waals surface area contributed by atoms with Crippen LogP contribution in [0.3, 0.4) is 0 Å². The van der Waals surface area contributed by atoms with Crippen LogP contribution in [0.5, 0.6) is 5.75 Å². The molecule has 1 aliphatic heterocycles. The molecule has 1 aromatic carbocycles. The number of carboxylic acids is 1. The van der Waals surface area contributed by atoms with Crippen molar-refractivity contribution in [2.45, 2.75) is 33.7 Å². The van der Waals surface area contributed by atoms with E-state index >= 15 is 0 Å². The lowest BCUT2D eigenvalue weighted by Gasteiger charge is -2.35. The van der Waals surface area contributed by atoms with Gasteiger partial charge in [0.15, 0.2) is 5.78 Å². The highest BCUT2D eigenvalue weighted by molar-refractivity contribution is 5.94. The van der Waals surface area contributed by atoms with E-state index in [4.69, 9.17) is 4.74 Å². The Labute approximate surface area is 137 Å². The second-order valence-corrected chi connectivity index (χ2v) is 6.38. The summed E-state index contributed by atoms with van der Waals surface area (Å²) in [6, 6.07) is 5.47. The highest BCUT2D eigenvalue weighted by atomic mass is 16.5. The predicted molar refractivity (Wildman–Crippen MR) is 87.8 cm³/mol. The summed E-state index contributed by atoms with van der Waals surface area (Å²) in [5.41, 5.74) is 1.60. The third-order valence-corrected chi connectivity index (χ3v) is 4.25. The molecule has 2 atom stereocenters. The first-order valence-corrected chi connectivity index (χ1v) is 8.12. The molecule has 0 saturated carbocycles. The summed E-state index contributed by atoms with van der Waals surface area (Å²) in [6.45, 7) is 8.10. The minimum Gasteiger partial charge on any atom is -0.494 e. The molecule has 1 aromatic rings. The van der Waals surface area contributed by atoms with Gasteiger partial charge in [0.25, 0.3) is 0 Å². The molecule has 0 bridgehead atoms. The van der Waals surface area contributed by atoms with Crippen molar-refractivity contribution in [1.29, 1.82) is 0 Å². The second-order valence-electron chi connectivity index (χ2n) is 6.38. The maximum Gasteiger partial charge on any atom is 0.307 e. The molecule has 0 aromatic heterocycles. The van der Waals surface area contributed by atoms with Crippen molar-refractivity contribution in [2.24, 2.45) is 11.8 Å². The first-order valence-electron chi connectivity index (χ1n) is 8.12.